The standard InChI is InChI=1S/C29H41N5O2/c1-7-26(30)25(27-31-21(2)19-22(3)32-27)20-24-12-10-23(11-13-24)9-8-14-33-15-17-34(18-16-33)28(35)36-29(4,5)6/h8-13,19H,7,14-18,20,30H2,1-6H3/b9-8+,26-25-. The fourth-order valence-electron chi connectivity index (χ4n) is 4.14. The lowest BCUT2D eigenvalue weighted by atomic mass is 10.00. The third kappa shape index (κ3) is 8.19. The highest BCUT2D eigenvalue weighted by Crippen LogP contribution is 2.22. The van der Waals surface area contributed by atoms with E-state index < -0.39 is 5.60 Å². The molecule has 7 nitrogen and oxygen atoms in total. The van der Waals surface area contributed by atoms with Crippen molar-refractivity contribution in [1.82, 2.24) is 19.8 Å². The highest BCUT2D eigenvalue weighted by atomic mass is 16.6. The van der Waals surface area contributed by atoms with Crippen molar-refractivity contribution in [1.29, 1.82) is 0 Å². The highest BCUT2D eigenvalue weighted by Gasteiger charge is 2.25. The molecule has 0 aliphatic carbocycles. The molecular weight excluding hydrogens is 450 g/mol. The summed E-state index contributed by atoms with van der Waals surface area (Å²) in [7, 11) is 0. The van der Waals surface area contributed by atoms with E-state index >= 15 is 0 Å². The second-order valence-corrected chi connectivity index (χ2v) is 10.4. The van der Waals surface area contributed by atoms with Gasteiger partial charge in [-0.05, 0) is 58.2 Å². The second-order valence-electron chi connectivity index (χ2n) is 10.4. The van der Waals surface area contributed by atoms with Crippen molar-refractivity contribution in [2.75, 3.05) is 32.7 Å². The van der Waals surface area contributed by atoms with E-state index in [2.05, 4.69) is 58.2 Å². The summed E-state index contributed by atoms with van der Waals surface area (Å²) in [6.07, 6.45) is 5.57. The predicted molar refractivity (Wildman–Crippen MR) is 146 cm³/mol. The van der Waals surface area contributed by atoms with Crippen LogP contribution >= 0.6 is 0 Å². The Kier molecular flexibility index (Phi) is 9.26. The number of ether oxygens (including phenoxy) is 1. The summed E-state index contributed by atoms with van der Waals surface area (Å²) in [4.78, 5) is 25.7. The maximum Gasteiger partial charge on any atom is 0.410 e. The van der Waals surface area contributed by atoms with E-state index in [0.717, 1.165) is 60.1 Å². The van der Waals surface area contributed by atoms with Crippen LogP contribution in [0.1, 0.15) is 62.5 Å². The first-order valence-electron chi connectivity index (χ1n) is 12.8. The molecule has 36 heavy (non-hydrogen) atoms. The number of aryl methyl sites for hydroxylation is 2. The van der Waals surface area contributed by atoms with Crippen LogP contribution < -0.4 is 5.73 Å². The normalized spacial score (nSPS) is 15.8. The van der Waals surface area contributed by atoms with Gasteiger partial charge in [-0.1, -0.05) is 43.3 Å². The summed E-state index contributed by atoms with van der Waals surface area (Å²) in [5.41, 5.74) is 12.0. The molecule has 2 N–H and O–H groups in total. The Bertz CT molecular complexity index is 1070. The van der Waals surface area contributed by atoms with Gasteiger partial charge in [-0.25, -0.2) is 14.8 Å². The molecule has 1 aliphatic heterocycles. The minimum absolute atomic E-state index is 0.222. The number of rotatable bonds is 7. The summed E-state index contributed by atoms with van der Waals surface area (Å²) in [6, 6.07) is 10.5. The quantitative estimate of drug-likeness (QED) is 0.588. The largest absolute Gasteiger partial charge is 0.444 e. The van der Waals surface area contributed by atoms with Gasteiger partial charge in [0, 0.05) is 61.8 Å². The lowest BCUT2D eigenvalue weighted by Gasteiger charge is -2.35. The zero-order chi connectivity index (χ0) is 26.3. The molecule has 7 heteroatoms. The van der Waals surface area contributed by atoms with Gasteiger partial charge in [0.15, 0.2) is 5.82 Å². The molecule has 0 saturated carbocycles. The number of hydrogen-bond acceptors (Lipinski definition) is 6. The van der Waals surface area contributed by atoms with Crippen LogP contribution in [0.5, 0.6) is 0 Å². The molecular formula is C29H41N5O2. The molecule has 2 aromatic rings. The predicted octanol–water partition coefficient (Wildman–Crippen LogP) is 4.98. The van der Waals surface area contributed by atoms with Crippen LogP contribution in [0.2, 0.25) is 0 Å². The van der Waals surface area contributed by atoms with Crippen molar-refractivity contribution in [3.63, 3.8) is 0 Å². The molecule has 1 aromatic carbocycles. The molecule has 0 atom stereocenters. The topological polar surface area (TPSA) is 84.6 Å². The zero-order valence-electron chi connectivity index (χ0n) is 22.7. The van der Waals surface area contributed by atoms with Crippen molar-refractivity contribution < 1.29 is 9.53 Å². The Labute approximate surface area is 216 Å². The minimum Gasteiger partial charge on any atom is -0.444 e. The van der Waals surface area contributed by atoms with Gasteiger partial charge in [0.2, 0.25) is 0 Å². The zero-order valence-corrected chi connectivity index (χ0v) is 22.7. The van der Waals surface area contributed by atoms with Gasteiger partial charge in [-0.2, -0.15) is 0 Å². The van der Waals surface area contributed by atoms with E-state index in [1.807, 2.05) is 40.7 Å². The number of allylic oxidation sites excluding steroid dienone is 2. The average Bonchev–Trinajstić information content (AvgIpc) is 2.81. The number of nitrogens with zero attached hydrogens (tertiary/aromatic N) is 4. The lowest BCUT2D eigenvalue weighted by molar-refractivity contribution is 0.0154. The van der Waals surface area contributed by atoms with Crippen LogP contribution in [0.4, 0.5) is 4.79 Å². The van der Waals surface area contributed by atoms with Gasteiger partial charge in [-0.15, -0.1) is 0 Å². The van der Waals surface area contributed by atoms with Crippen LogP contribution in [0.25, 0.3) is 11.6 Å². The van der Waals surface area contributed by atoms with Crippen LogP contribution in [0, 0.1) is 13.8 Å². The van der Waals surface area contributed by atoms with E-state index in [1.54, 1.807) is 4.90 Å². The van der Waals surface area contributed by atoms with Crippen LogP contribution in [0.15, 0.2) is 42.1 Å². The van der Waals surface area contributed by atoms with Gasteiger partial charge >= 0.3 is 6.09 Å². The summed E-state index contributed by atoms with van der Waals surface area (Å²) in [5.74, 6) is 0.725. The van der Waals surface area contributed by atoms with Gasteiger partial charge in [-0.3, -0.25) is 4.90 Å². The maximum absolute atomic E-state index is 12.2. The van der Waals surface area contributed by atoms with Crippen molar-refractivity contribution in [2.45, 2.75) is 60.0 Å². The van der Waals surface area contributed by atoms with E-state index in [-0.39, 0.29) is 6.09 Å². The number of carbonyl (C=O) groups is 1. The minimum atomic E-state index is -0.458. The Balaban J connectivity index is 1.54. The summed E-state index contributed by atoms with van der Waals surface area (Å²) < 4.78 is 5.48. The Morgan fingerprint density at radius 2 is 1.67 bits per heavy atom. The first-order chi connectivity index (χ1) is 17.0. The first-order valence-corrected chi connectivity index (χ1v) is 12.8. The van der Waals surface area contributed by atoms with Crippen LogP contribution in [0.3, 0.4) is 0 Å². The third-order valence-electron chi connectivity index (χ3n) is 6.08. The Morgan fingerprint density at radius 3 is 2.22 bits per heavy atom. The molecule has 2 heterocycles. The van der Waals surface area contributed by atoms with E-state index in [1.165, 1.54) is 5.56 Å². The monoisotopic (exact) mass is 491 g/mol. The van der Waals surface area contributed by atoms with Crippen molar-refractivity contribution in [3.05, 3.63) is 70.4 Å². The Morgan fingerprint density at radius 1 is 1.06 bits per heavy atom. The fraction of sp³-hybridized carbons (Fsp3) is 0.483. The molecule has 1 aliphatic rings. The van der Waals surface area contributed by atoms with E-state index in [4.69, 9.17) is 10.5 Å². The molecule has 194 valence electrons. The number of carbonyl (C=O) groups excluding carboxylic acids is 1. The van der Waals surface area contributed by atoms with Gasteiger partial charge in [0.1, 0.15) is 5.60 Å². The summed E-state index contributed by atoms with van der Waals surface area (Å²) in [6.45, 7) is 15.7. The lowest BCUT2D eigenvalue weighted by Crippen LogP contribution is -2.49. The number of piperazine rings is 1. The molecule has 1 saturated heterocycles. The van der Waals surface area contributed by atoms with E-state index in [9.17, 15) is 4.79 Å². The number of aromatic nitrogens is 2. The number of nitrogens with two attached hydrogens (primary N) is 1. The summed E-state index contributed by atoms with van der Waals surface area (Å²) in [5, 5.41) is 0. The average molecular weight is 492 g/mol. The van der Waals surface area contributed by atoms with Gasteiger partial charge in [0.05, 0.1) is 0 Å². The highest BCUT2D eigenvalue weighted by molar-refractivity contribution is 5.68. The molecule has 1 amide bonds. The second kappa shape index (κ2) is 12.2. The molecule has 0 spiro atoms. The maximum atomic E-state index is 12.2. The molecule has 0 bridgehead atoms. The number of amides is 1. The molecule has 0 radical (unpaired) electrons. The van der Waals surface area contributed by atoms with Gasteiger partial charge in [0.25, 0.3) is 0 Å². The fourth-order valence-corrected chi connectivity index (χ4v) is 4.14. The molecule has 0 unspecified atom stereocenters. The first kappa shape index (κ1) is 27.4. The van der Waals surface area contributed by atoms with Crippen LogP contribution in [-0.2, 0) is 11.2 Å². The van der Waals surface area contributed by atoms with Crippen molar-refractivity contribution >= 4 is 17.7 Å². The third-order valence-corrected chi connectivity index (χ3v) is 6.08. The SMILES string of the molecule is CC/C(N)=C(\Cc1ccc(/C=C/CN2CCN(C(=O)OC(C)(C)C)CC2)cc1)c1nc(C)cc(C)n1. The van der Waals surface area contributed by atoms with Crippen LogP contribution in [-0.4, -0.2) is 64.2 Å². The molecule has 1 fully saturated rings. The summed E-state index contributed by atoms with van der Waals surface area (Å²) >= 11 is 0. The van der Waals surface area contributed by atoms with E-state index in [0.29, 0.717) is 19.5 Å². The number of benzene rings is 1. The van der Waals surface area contributed by atoms with Crippen molar-refractivity contribution in [2.24, 2.45) is 5.73 Å². The molecule has 3 rings (SSSR count). The smallest absolute Gasteiger partial charge is 0.410 e. The number of hydrogen-bond donors (Lipinski definition) is 1. The Hall–Kier alpha value is -3.19. The van der Waals surface area contributed by atoms with Gasteiger partial charge < -0.3 is 15.4 Å². The molecule has 1 aromatic heterocycles. The van der Waals surface area contributed by atoms with Crippen molar-refractivity contribution in [3.8, 4) is 0 Å².